The average Bonchev–Trinajstić information content (AvgIpc) is 2.96. The molecule has 0 radical (unpaired) electrons. The molecule has 0 spiro atoms. The van der Waals surface area contributed by atoms with Gasteiger partial charge in [-0.2, -0.15) is 0 Å². The summed E-state index contributed by atoms with van der Waals surface area (Å²) in [6, 6.07) is 18.4. The van der Waals surface area contributed by atoms with Gasteiger partial charge in [0.1, 0.15) is 0 Å². The number of nitrogens with one attached hydrogen (secondary N) is 1. The third-order valence-electron chi connectivity index (χ3n) is 2.89. The lowest BCUT2D eigenvalue weighted by atomic mass is 10.0. The second-order valence-electron chi connectivity index (χ2n) is 4.24. The molecule has 0 saturated heterocycles. The number of hydrogen-bond acceptors (Lipinski definition) is 5. The van der Waals surface area contributed by atoms with Crippen LogP contribution in [0, 0.1) is 0 Å². The van der Waals surface area contributed by atoms with Gasteiger partial charge in [0.2, 0.25) is 5.89 Å². The van der Waals surface area contributed by atoms with E-state index in [1.165, 1.54) is 0 Å². The molecule has 20 heavy (non-hydrogen) atoms. The van der Waals surface area contributed by atoms with Crippen molar-refractivity contribution in [3.05, 3.63) is 60.5 Å². The largest absolute Gasteiger partial charge is 0.406 e. The van der Waals surface area contributed by atoms with Crippen LogP contribution in [0.15, 0.2) is 59.0 Å². The first-order valence-electron chi connectivity index (χ1n) is 6.31. The van der Waals surface area contributed by atoms with Gasteiger partial charge >= 0.3 is 6.01 Å². The van der Waals surface area contributed by atoms with E-state index in [4.69, 9.17) is 10.2 Å². The standard InChI is InChI=1S/C15H14N4O/c16-10-14-18-19-15(20-14)17-13-9-5-4-8-12(13)11-6-2-1-3-7-11/h1-9H,10,16H2,(H,17,19). The zero-order valence-corrected chi connectivity index (χ0v) is 10.8. The number of nitrogens with zero attached hydrogens (tertiary/aromatic N) is 2. The van der Waals surface area contributed by atoms with Crippen LogP contribution in [0.25, 0.3) is 11.1 Å². The quantitative estimate of drug-likeness (QED) is 0.759. The monoisotopic (exact) mass is 266 g/mol. The lowest BCUT2D eigenvalue weighted by Crippen LogP contribution is -1.95. The van der Waals surface area contributed by atoms with Gasteiger partial charge in [0.05, 0.1) is 12.2 Å². The molecule has 3 N–H and O–H groups in total. The van der Waals surface area contributed by atoms with E-state index >= 15 is 0 Å². The Bertz CT molecular complexity index is 694. The summed E-state index contributed by atoms with van der Waals surface area (Å²) in [5, 5.41) is 10.9. The van der Waals surface area contributed by atoms with Crippen LogP contribution < -0.4 is 11.1 Å². The minimum atomic E-state index is 0.231. The van der Waals surface area contributed by atoms with Crippen LogP contribution in [0.4, 0.5) is 11.7 Å². The van der Waals surface area contributed by atoms with Gasteiger partial charge in [-0.25, -0.2) is 0 Å². The molecule has 0 aliphatic heterocycles. The molecule has 0 saturated carbocycles. The van der Waals surface area contributed by atoms with Crippen LogP contribution in [0.1, 0.15) is 5.89 Å². The molecule has 1 heterocycles. The minimum absolute atomic E-state index is 0.231. The number of nitrogens with two attached hydrogens (primary N) is 1. The minimum Gasteiger partial charge on any atom is -0.406 e. The van der Waals surface area contributed by atoms with Crippen molar-refractivity contribution >= 4 is 11.7 Å². The van der Waals surface area contributed by atoms with E-state index in [1.807, 2.05) is 42.5 Å². The number of benzene rings is 2. The van der Waals surface area contributed by atoms with Gasteiger partial charge < -0.3 is 15.5 Å². The van der Waals surface area contributed by atoms with Crippen molar-refractivity contribution in [1.29, 1.82) is 0 Å². The molecule has 0 aliphatic rings. The van der Waals surface area contributed by atoms with Gasteiger partial charge in [-0.15, -0.1) is 5.10 Å². The SMILES string of the molecule is NCc1nnc(Nc2ccccc2-c2ccccc2)o1. The highest BCUT2D eigenvalue weighted by Crippen LogP contribution is 2.29. The highest BCUT2D eigenvalue weighted by molar-refractivity contribution is 5.79. The Labute approximate surface area is 116 Å². The second kappa shape index (κ2) is 5.54. The third kappa shape index (κ3) is 2.53. The van der Waals surface area contributed by atoms with Crippen LogP contribution in [0.3, 0.4) is 0 Å². The predicted octanol–water partition coefficient (Wildman–Crippen LogP) is 2.94. The first kappa shape index (κ1) is 12.4. The summed E-state index contributed by atoms with van der Waals surface area (Å²) in [4.78, 5) is 0. The van der Waals surface area contributed by atoms with E-state index in [-0.39, 0.29) is 6.54 Å². The van der Waals surface area contributed by atoms with Crippen molar-refractivity contribution in [2.75, 3.05) is 5.32 Å². The number of anilines is 2. The van der Waals surface area contributed by atoms with E-state index in [9.17, 15) is 0 Å². The third-order valence-corrected chi connectivity index (χ3v) is 2.89. The molecule has 5 nitrogen and oxygen atoms in total. The van der Waals surface area contributed by atoms with Crippen molar-refractivity contribution in [3.8, 4) is 11.1 Å². The van der Waals surface area contributed by atoms with E-state index < -0.39 is 0 Å². The smallest absolute Gasteiger partial charge is 0.320 e. The summed E-state index contributed by atoms with van der Waals surface area (Å²) in [6.07, 6.45) is 0. The molecule has 3 aromatic rings. The van der Waals surface area contributed by atoms with Crippen molar-refractivity contribution in [2.24, 2.45) is 5.73 Å². The Morgan fingerprint density at radius 2 is 1.70 bits per heavy atom. The highest BCUT2D eigenvalue weighted by atomic mass is 16.4. The summed E-state index contributed by atoms with van der Waals surface area (Å²) in [5.41, 5.74) is 8.55. The van der Waals surface area contributed by atoms with Gasteiger partial charge in [0.25, 0.3) is 0 Å². The first-order valence-corrected chi connectivity index (χ1v) is 6.31. The van der Waals surface area contributed by atoms with Gasteiger partial charge in [0.15, 0.2) is 0 Å². The number of para-hydroxylation sites is 1. The Morgan fingerprint density at radius 1 is 0.950 bits per heavy atom. The maximum atomic E-state index is 5.45. The molecule has 0 fully saturated rings. The van der Waals surface area contributed by atoms with Crippen LogP contribution in [0.5, 0.6) is 0 Å². The maximum Gasteiger partial charge on any atom is 0.320 e. The second-order valence-corrected chi connectivity index (χ2v) is 4.24. The van der Waals surface area contributed by atoms with E-state index in [1.54, 1.807) is 0 Å². The zero-order chi connectivity index (χ0) is 13.8. The number of hydrogen-bond donors (Lipinski definition) is 2. The van der Waals surface area contributed by atoms with Crippen LogP contribution in [0.2, 0.25) is 0 Å². The normalized spacial score (nSPS) is 10.4. The fraction of sp³-hybridized carbons (Fsp3) is 0.0667. The van der Waals surface area contributed by atoms with E-state index in [0.29, 0.717) is 11.9 Å². The fourth-order valence-corrected chi connectivity index (χ4v) is 1.96. The van der Waals surface area contributed by atoms with E-state index in [2.05, 4.69) is 27.6 Å². The summed E-state index contributed by atoms with van der Waals surface area (Å²) < 4.78 is 5.37. The Kier molecular flexibility index (Phi) is 3.43. The summed E-state index contributed by atoms with van der Waals surface area (Å²) >= 11 is 0. The molecular formula is C15H14N4O. The topological polar surface area (TPSA) is 77.0 Å². The van der Waals surface area contributed by atoms with Crippen LogP contribution in [-0.4, -0.2) is 10.2 Å². The lowest BCUT2D eigenvalue weighted by molar-refractivity contribution is 0.511. The fourth-order valence-electron chi connectivity index (χ4n) is 1.96. The Balaban J connectivity index is 1.94. The van der Waals surface area contributed by atoms with E-state index in [0.717, 1.165) is 16.8 Å². The molecule has 5 heteroatoms. The molecule has 100 valence electrons. The molecule has 1 aromatic heterocycles. The van der Waals surface area contributed by atoms with Crippen LogP contribution >= 0.6 is 0 Å². The molecule has 0 bridgehead atoms. The molecule has 3 rings (SSSR count). The van der Waals surface area contributed by atoms with Gasteiger partial charge in [0, 0.05) is 5.56 Å². The summed E-state index contributed by atoms with van der Waals surface area (Å²) in [7, 11) is 0. The Morgan fingerprint density at radius 3 is 2.45 bits per heavy atom. The van der Waals surface area contributed by atoms with Crippen molar-refractivity contribution in [3.63, 3.8) is 0 Å². The average molecular weight is 266 g/mol. The predicted molar refractivity (Wildman–Crippen MR) is 77.4 cm³/mol. The van der Waals surface area contributed by atoms with Gasteiger partial charge in [-0.1, -0.05) is 53.6 Å². The summed E-state index contributed by atoms with van der Waals surface area (Å²) in [6.45, 7) is 0.231. The van der Waals surface area contributed by atoms with Crippen molar-refractivity contribution in [1.82, 2.24) is 10.2 Å². The number of aromatic nitrogens is 2. The molecule has 2 aromatic carbocycles. The molecule has 0 atom stereocenters. The first-order chi connectivity index (χ1) is 9.86. The lowest BCUT2D eigenvalue weighted by Gasteiger charge is -2.09. The van der Waals surface area contributed by atoms with Crippen molar-refractivity contribution < 1.29 is 4.42 Å². The summed E-state index contributed by atoms with van der Waals surface area (Å²) in [5.74, 6) is 0.407. The molecular weight excluding hydrogens is 252 g/mol. The Hall–Kier alpha value is -2.66. The zero-order valence-electron chi connectivity index (χ0n) is 10.8. The van der Waals surface area contributed by atoms with Gasteiger partial charge in [-0.3, -0.25) is 0 Å². The maximum absolute atomic E-state index is 5.45. The molecule has 0 aliphatic carbocycles. The highest BCUT2D eigenvalue weighted by Gasteiger charge is 2.08. The van der Waals surface area contributed by atoms with Gasteiger partial charge in [-0.05, 0) is 11.6 Å². The van der Waals surface area contributed by atoms with Crippen molar-refractivity contribution in [2.45, 2.75) is 6.54 Å². The number of rotatable bonds is 4. The molecule has 0 unspecified atom stereocenters. The molecule has 0 amide bonds. The van der Waals surface area contributed by atoms with Crippen LogP contribution in [-0.2, 0) is 6.54 Å².